The van der Waals surface area contributed by atoms with Gasteiger partial charge in [0.15, 0.2) is 0 Å². The molecule has 0 radical (unpaired) electrons. The van der Waals surface area contributed by atoms with Gasteiger partial charge in [0.1, 0.15) is 0 Å². The summed E-state index contributed by atoms with van der Waals surface area (Å²) in [5.74, 6) is 0.267. The lowest BCUT2D eigenvalue weighted by Gasteiger charge is -2.01. The molecular formula is C7H14N4O2. The van der Waals surface area contributed by atoms with Gasteiger partial charge in [0.25, 0.3) is 0 Å². The Morgan fingerprint density at radius 1 is 1.62 bits per heavy atom. The topological polar surface area (TPSA) is 99.7 Å². The predicted molar refractivity (Wildman–Crippen MR) is 47.1 cm³/mol. The highest BCUT2D eigenvalue weighted by molar-refractivity contribution is 5.80. The van der Waals surface area contributed by atoms with Gasteiger partial charge in [-0.1, -0.05) is 0 Å². The van der Waals surface area contributed by atoms with Crippen molar-refractivity contribution in [2.45, 2.75) is 12.8 Å². The summed E-state index contributed by atoms with van der Waals surface area (Å²) in [6.45, 7) is 0.829. The zero-order valence-electron chi connectivity index (χ0n) is 7.29. The number of rotatable bonds is 4. The van der Waals surface area contributed by atoms with Gasteiger partial charge in [-0.3, -0.25) is 10.0 Å². The van der Waals surface area contributed by atoms with E-state index in [0.717, 1.165) is 12.8 Å². The van der Waals surface area contributed by atoms with Gasteiger partial charge in [-0.2, -0.15) is 0 Å². The summed E-state index contributed by atoms with van der Waals surface area (Å²) >= 11 is 0. The molecule has 0 heterocycles. The minimum absolute atomic E-state index is 0.0410. The Morgan fingerprint density at radius 3 is 2.85 bits per heavy atom. The number of guanidine groups is 1. The molecule has 0 spiro atoms. The molecule has 1 rings (SSSR count). The maximum Gasteiger partial charge on any atom is 0.223 e. The van der Waals surface area contributed by atoms with E-state index < -0.39 is 0 Å². The van der Waals surface area contributed by atoms with Crippen LogP contribution >= 0.6 is 0 Å². The van der Waals surface area contributed by atoms with Crippen LogP contribution in [0.5, 0.6) is 0 Å². The molecule has 0 unspecified atom stereocenters. The third-order valence-corrected chi connectivity index (χ3v) is 1.76. The maximum absolute atomic E-state index is 11.1. The molecule has 0 bridgehead atoms. The molecular weight excluding hydrogens is 172 g/mol. The lowest BCUT2D eigenvalue weighted by atomic mass is 10.4. The van der Waals surface area contributed by atoms with Crippen LogP contribution in [0.2, 0.25) is 0 Å². The van der Waals surface area contributed by atoms with Crippen LogP contribution in [0.4, 0.5) is 0 Å². The third kappa shape index (κ3) is 3.75. The quantitative estimate of drug-likeness (QED) is 0.192. The summed E-state index contributed by atoms with van der Waals surface area (Å²) in [6, 6.07) is 0. The van der Waals surface area contributed by atoms with Crippen LogP contribution in [0.25, 0.3) is 0 Å². The van der Waals surface area contributed by atoms with E-state index in [1.54, 1.807) is 5.48 Å². The molecule has 1 saturated carbocycles. The van der Waals surface area contributed by atoms with E-state index in [1.807, 2.05) is 0 Å². The van der Waals surface area contributed by atoms with E-state index in [0.29, 0.717) is 13.1 Å². The highest BCUT2D eigenvalue weighted by Crippen LogP contribution is 2.28. The number of amides is 1. The third-order valence-electron chi connectivity index (χ3n) is 1.76. The number of hydroxylamine groups is 1. The Kier molecular flexibility index (Phi) is 3.51. The number of hydrogen-bond donors (Lipinski definition) is 4. The van der Waals surface area contributed by atoms with E-state index in [1.165, 1.54) is 0 Å². The first-order valence-electron chi connectivity index (χ1n) is 4.21. The Morgan fingerprint density at radius 2 is 2.31 bits per heavy atom. The predicted octanol–water partition coefficient (Wildman–Crippen LogP) is -1.19. The van der Waals surface area contributed by atoms with Gasteiger partial charge in [-0.05, 0) is 12.8 Å². The van der Waals surface area contributed by atoms with Crippen LogP contribution in [-0.2, 0) is 4.79 Å². The average molecular weight is 186 g/mol. The SMILES string of the molecule is NC(=NCCNC(=O)C1CC1)NO. The maximum atomic E-state index is 11.1. The van der Waals surface area contributed by atoms with E-state index in [4.69, 9.17) is 10.9 Å². The number of nitrogens with two attached hydrogens (primary N) is 1. The first-order chi connectivity index (χ1) is 6.24. The van der Waals surface area contributed by atoms with Crippen molar-refractivity contribution >= 4 is 11.9 Å². The summed E-state index contributed by atoms with van der Waals surface area (Å²) in [7, 11) is 0. The second-order valence-corrected chi connectivity index (χ2v) is 2.94. The number of hydrogen-bond acceptors (Lipinski definition) is 3. The van der Waals surface area contributed by atoms with E-state index >= 15 is 0 Å². The summed E-state index contributed by atoms with van der Waals surface area (Å²) in [5, 5.41) is 11.0. The van der Waals surface area contributed by atoms with Crippen molar-refractivity contribution in [3.63, 3.8) is 0 Å². The minimum Gasteiger partial charge on any atom is -0.368 e. The second-order valence-electron chi connectivity index (χ2n) is 2.94. The molecule has 0 aliphatic heterocycles. The smallest absolute Gasteiger partial charge is 0.223 e. The molecule has 1 aliphatic rings. The Bertz CT molecular complexity index is 213. The van der Waals surface area contributed by atoms with Gasteiger partial charge in [0.2, 0.25) is 11.9 Å². The summed E-state index contributed by atoms with van der Waals surface area (Å²) in [5.41, 5.74) is 6.84. The molecule has 0 saturated heterocycles. The fourth-order valence-electron chi connectivity index (χ4n) is 0.881. The molecule has 1 aliphatic carbocycles. The van der Waals surface area contributed by atoms with Crippen molar-refractivity contribution in [2.75, 3.05) is 13.1 Å². The average Bonchev–Trinajstić information content (AvgIpc) is 2.94. The monoisotopic (exact) mass is 186 g/mol. The summed E-state index contributed by atoms with van der Waals surface area (Å²) in [6.07, 6.45) is 1.99. The molecule has 6 nitrogen and oxygen atoms in total. The standard InChI is InChI=1S/C7H14N4O2/c8-7(11-13)10-4-3-9-6(12)5-1-2-5/h5,13H,1-4H2,(H,9,12)(H3,8,10,11). The minimum atomic E-state index is -0.0410. The van der Waals surface area contributed by atoms with Gasteiger partial charge >= 0.3 is 0 Å². The lowest BCUT2D eigenvalue weighted by Crippen LogP contribution is -2.31. The molecule has 0 aromatic carbocycles. The number of carbonyl (C=O) groups is 1. The summed E-state index contributed by atoms with van der Waals surface area (Å²) < 4.78 is 0. The highest BCUT2D eigenvalue weighted by Gasteiger charge is 2.28. The molecule has 6 heteroatoms. The van der Waals surface area contributed by atoms with Gasteiger partial charge < -0.3 is 11.1 Å². The molecule has 1 fully saturated rings. The van der Waals surface area contributed by atoms with Crippen molar-refractivity contribution in [2.24, 2.45) is 16.6 Å². The number of nitrogens with one attached hydrogen (secondary N) is 2. The van der Waals surface area contributed by atoms with Crippen LogP contribution in [0.1, 0.15) is 12.8 Å². The summed E-state index contributed by atoms with van der Waals surface area (Å²) in [4.78, 5) is 14.8. The van der Waals surface area contributed by atoms with Crippen LogP contribution < -0.4 is 16.5 Å². The molecule has 0 aromatic heterocycles. The van der Waals surface area contributed by atoms with Crippen LogP contribution in [0, 0.1) is 5.92 Å². The van der Waals surface area contributed by atoms with Crippen molar-refractivity contribution < 1.29 is 10.0 Å². The molecule has 0 atom stereocenters. The molecule has 13 heavy (non-hydrogen) atoms. The van der Waals surface area contributed by atoms with E-state index in [9.17, 15) is 4.79 Å². The first kappa shape index (κ1) is 9.79. The molecule has 0 aromatic rings. The zero-order valence-corrected chi connectivity index (χ0v) is 7.29. The van der Waals surface area contributed by atoms with Crippen molar-refractivity contribution in [1.82, 2.24) is 10.8 Å². The van der Waals surface area contributed by atoms with Crippen LogP contribution in [0.3, 0.4) is 0 Å². The number of nitrogens with zero attached hydrogens (tertiary/aromatic N) is 1. The van der Waals surface area contributed by atoms with E-state index in [2.05, 4.69) is 10.3 Å². The zero-order chi connectivity index (χ0) is 9.68. The van der Waals surface area contributed by atoms with Gasteiger partial charge in [-0.15, -0.1) is 0 Å². The van der Waals surface area contributed by atoms with Crippen molar-refractivity contribution in [3.8, 4) is 0 Å². The number of carbonyl (C=O) groups excluding carboxylic acids is 1. The van der Waals surface area contributed by atoms with Crippen molar-refractivity contribution in [3.05, 3.63) is 0 Å². The van der Waals surface area contributed by atoms with Crippen molar-refractivity contribution in [1.29, 1.82) is 0 Å². The van der Waals surface area contributed by atoms with Gasteiger partial charge in [0, 0.05) is 12.5 Å². The fraction of sp³-hybridized carbons (Fsp3) is 0.714. The second kappa shape index (κ2) is 4.66. The lowest BCUT2D eigenvalue weighted by molar-refractivity contribution is -0.122. The van der Waals surface area contributed by atoms with Crippen LogP contribution in [-0.4, -0.2) is 30.2 Å². The Labute approximate surface area is 76.2 Å². The van der Waals surface area contributed by atoms with Gasteiger partial charge in [0.05, 0.1) is 6.54 Å². The molecule has 1 amide bonds. The highest BCUT2D eigenvalue weighted by atomic mass is 16.5. The van der Waals surface area contributed by atoms with Crippen LogP contribution in [0.15, 0.2) is 4.99 Å². The fourth-order valence-corrected chi connectivity index (χ4v) is 0.881. The first-order valence-corrected chi connectivity index (χ1v) is 4.21. The Hall–Kier alpha value is -1.30. The van der Waals surface area contributed by atoms with E-state index in [-0.39, 0.29) is 17.8 Å². The largest absolute Gasteiger partial charge is 0.368 e. The Balaban J connectivity index is 2.03. The number of aliphatic imine (C=N–C) groups is 1. The molecule has 74 valence electrons. The normalized spacial score (nSPS) is 16.8. The van der Waals surface area contributed by atoms with Gasteiger partial charge in [-0.25, -0.2) is 10.5 Å². The molecule has 5 N–H and O–H groups in total.